The number of thiophene rings is 1. The van der Waals surface area contributed by atoms with E-state index in [2.05, 4.69) is 24.0 Å². The first kappa shape index (κ1) is 14.2. The van der Waals surface area contributed by atoms with E-state index in [-0.39, 0.29) is 10.6 Å². The Morgan fingerprint density at radius 3 is 2.86 bits per heavy atom. The van der Waals surface area contributed by atoms with Crippen LogP contribution in [0.2, 0.25) is 0 Å². The molecule has 110 valence electrons. The molecule has 1 aromatic heterocycles. The number of aryl methyl sites for hydroxylation is 1. The largest absolute Gasteiger partial charge is 0.291 e. The molecule has 2 aromatic rings. The third-order valence-corrected chi connectivity index (χ3v) is 5.12. The lowest BCUT2D eigenvalue weighted by atomic mass is 10.1. The van der Waals surface area contributed by atoms with E-state index in [1.54, 1.807) is 12.1 Å². The van der Waals surface area contributed by atoms with E-state index in [9.17, 15) is 10.1 Å². The Balaban J connectivity index is 1.82. The summed E-state index contributed by atoms with van der Waals surface area (Å²) in [4.78, 5) is 15.9. The fourth-order valence-corrected chi connectivity index (χ4v) is 4.06. The van der Waals surface area contributed by atoms with Gasteiger partial charge in [0.15, 0.2) is 0 Å². The molecule has 0 N–H and O–H groups in total. The van der Waals surface area contributed by atoms with Crippen molar-refractivity contribution in [2.75, 3.05) is 6.54 Å². The molecule has 3 rings (SSSR count). The molecule has 0 radical (unpaired) electrons. The summed E-state index contributed by atoms with van der Waals surface area (Å²) in [5.41, 5.74) is 1.04. The molecule has 0 bridgehead atoms. The Morgan fingerprint density at radius 1 is 1.33 bits per heavy atom. The van der Waals surface area contributed by atoms with Crippen molar-refractivity contribution >= 4 is 17.0 Å². The maximum atomic E-state index is 11.1. The first-order chi connectivity index (χ1) is 10.1. The molecule has 1 aliphatic rings. The highest BCUT2D eigenvalue weighted by Gasteiger charge is 2.28. The normalized spacial score (nSPS) is 19.0. The zero-order valence-corrected chi connectivity index (χ0v) is 12.8. The van der Waals surface area contributed by atoms with E-state index in [0.717, 1.165) is 24.9 Å². The highest BCUT2D eigenvalue weighted by atomic mass is 32.1. The molecule has 21 heavy (non-hydrogen) atoms. The lowest BCUT2D eigenvalue weighted by Crippen LogP contribution is -2.22. The standard InChI is InChI=1S/C16H18N2O2S/c1-12-8-9-16(21-12)15-7-4-10-17(15)11-13-5-2-3-6-14(13)18(19)20/h2-3,5-6,8-9,15H,4,7,10-11H2,1H3. The average molecular weight is 302 g/mol. The van der Waals surface area contributed by atoms with E-state index in [1.165, 1.54) is 9.75 Å². The first-order valence-electron chi connectivity index (χ1n) is 7.18. The highest BCUT2D eigenvalue weighted by Crippen LogP contribution is 2.37. The van der Waals surface area contributed by atoms with E-state index < -0.39 is 0 Å². The highest BCUT2D eigenvalue weighted by molar-refractivity contribution is 7.12. The van der Waals surface area contributed by atoms with Crippen molar-refractivity contribution < 1.29 is 4.92 Å². The first-order valence-corrected chi connectivity index (χ1v) is 7.99. The van der Waals surface area contributed by atoms with Crippen molar-refractivity contribution in [2.24, 2.45) is 0 Å². The number of nitrogens with zero attached hydrogens (tertiary/aromatic N) is 2. The topological polar surface area (TPSA) is 46.4 Å². The van der Waals surface area contributed by atoms with Crippen molar-refractivity contribution in [1.82, 2.24) is 4.90 Å². The SMILES string of the molecule is Cc1ccc(C2CCCN2Cc2ccccc2[N+](=O)[O-])s1. The molecule has 1 unspecified atom stereocenters. The van der Waals surface area contributed by atoms with Crippen LogP contribution >= 0.6 is 11.3 Å². The summed E-state index contributed by atoms with van der Waals surface area (Å²) in [7, 11) is 0. The average Bonchev–Trinajstić information content (AvgIpc) is 3.08. The van der Waals surface area contributed by atoms with Crippen molar-refractivity contribution in [3.63, 3.8) is 0 Å². The van der Waals surface area contributed by atoms with Crippen LogP contribution in [0.4, 0.5) is 5.69 Å². The molecule has 0 spiro atoms. The summed E-state index contributed by atoms with van der Waals surface area (Å²) in [6.07, 6.45) is 2.29. The number of likely N-dealkylation sites (tertiary alicyclic amines) is 1. The molecule has 4 nitrogen and oxygen atoms in total. The van der Waals surface area contributed by atoms with Gasteiger partial charge in [0.2, 0.25) is 0 Å². The van der Waals surface area contributed by atoms with Gasteiger partial charge in [0.25, 0.3) is 5.69 Å². The van der Waals surface area contributed by atoms with E-state index in [1.807, 2.05) is 23.5 Å². The van der Waals surface area contributed by atoms with E-state index in [0.29, 0.717) is 12.6 Å². The van der Waals surface area contributed by atoms with Gasteiger partial charge in [-0.1, -0.05) is 18.2 Å². The second-order valence-corrected chi connectivity index (χ2v) is 6.78. The Kier molecular flexibility index (Phi) is 4.03. The summed E-state index contributed by atoms with van der Waals surface area (Å²) >= 11 is 1.83. The molecular weight excluding hydrogens is 284 g/mol. The van der Waals surface area contributed by atoms with Crippen molar-refractivity contribution in [2.45, 2.75) is 32.4 Å². The van der Waals surface area contributed by atoms with Crippen molar-refractivity contribution in [3.8, 4) is 0 Å². The van der Waals surface area contributed by atoms with Gasteiger partial charge in [-0.3, -0.25) is 15.0 Å². The molecule has 0 saturated carbocycles. The molecule has 5 heteroatoms. The molecule has 2 heterocycles. The Labute approximate surface area is 128 Å². The van der Waals surface area contributed by atoms with Crippen LogP contribution in [0.3, 0.4) is 0 Å². The van der Waals surface area contributed by atoms with Crippen LogP contribution in [0, 0.1) is 17.0 Å². The molecule has 1 atom stereocenters. The van der Waals surface area contributed by atoms with Gasteiger partial charge >= 0.3 is 0 Å². The lowest BCUT2D eigenvalue weighted by Gasteiger charge is -2.23. The van der Waals surface area contributed by atoms with Crippen molar-refractivity contribution in [1.29, 1.82) is 0 Å². The Hall–Kier alpha value is -1.72. The predicted molar refractivity (Wildman–Crippen MR) is 84.5 cm³/mol. The third kappa shape index (κ3) is 2.99. The van der Waals surface area contributed by atoms with E-state index in [4.69, 9.17) is 0 Å². The van der Waals surface area contributed by atoms with Crippen LogP contribution in [0.25, 0.3) is 0 Å². The number of rotatable bonds is 4. The van der Waals surface area contributed by atoms with Gasteiger partial charge in [0.05, 0.1) is 4.92 Å². The van der Waals surface area contributed by atoms with Gasteiger partial charge in [-0.25, -0.2) is 0 Å². The maximum absolute atomic E-state index is 11.1. The number of nitro benzene ring substituents is 1. The van der Waals surface area contributed by atoms with Gasteiger partial charge in [0, 0.05) is 34.0 Å². The molecule has 1 aromatic carbocycles. The van der Waals surface area contributed by atoms with Crippen LogP contribution in [-0.4, -0.2) is 16.4 Å². The van der Waals surface area contributed by atoms with Crippen LogP contribution in [0.5, 0.6) is 0 Å². The van der Waals surface area contributed by atoms with Crippen molar-refractivity contribution in [3.05, 3.63) is 61.8 Å². The number of benzene rings is 1. The molecule has 1 saturated heterocycles. The smallest absolute Gasteiger partial charge is 0.273 e. The molecular formula is C16H18N2O2S. The number of hydrogen-bond donors (Lipinski definition) is 0. The third-order valence-electron chi connectivity index (χ3n) is 4.01. The molecule has 1 fully saturated rings. The zero-order valence-electron chi connectivity index (χ0n) is 12.0. The van der Waals surface area contributed by atoms with Crippen LogP contribution in [0.1, 0.15) is 34.2 Å². The summed E-state index contributed by atoms with van der Waals surface area (Å²) in [6.45, 7) is 3.78. The summed E-state index contributed by atoms with van der Waals surface area (Å²) in [5.74, 6) is 0. The summed E-state index contributed by atoms with van der Waals surface area (Å²) < 4.78 is 0. The molecule has 0 amide bonds. The second-order valence-electron chi connectivity index (χ2n) is 5.46. The summed E-state index contributed by atoms with van der Waals surface area (Å²) in [6, 6.07) is 11.8. The van der Waals surface area contributed by atoms with Crippen LogP contribution in [-0.2, 0) is 6.54 Å². The van der Waals surface area contributed by atoms with Crippen LogP contribution < -0.4 is 0 Å². The lowest BCUT2D eigenvalue weighted by molar-refractivity contribution is -0.385. The second kappa shape index (κ2) is 5.95. The fraction of sp³-hybridized carbons (Fsp3) is 0.375. The van der Waals surface area contributed by atoms with Gasteiger partial charge in [-0.15, -0.1) is 11.3 Å². The number of nitro groups is 1. The minimum atomic E-state index is -0.282. The van der Waals surface area contributed by atoms with Gasteiger partial charge in [0.1, 0.15) is 0 Å². The Morgan fingerprint density at radius 2 is 2.14 bits per heavy atom. The quantitative estimate of drug-likeness (QED) is 0.625. The summed E-state index contributed by atoms with van der Waals surface area (Å²) in [5, 5.41) is 11.1. The Bertz CT molecular complexity index is 653. The van der Waals surface area contributed by atoms with Crippen LogP contribution in [0.15, 0.2) is 36.4 Å². The van der Waals surface area contributed by atoms with Gasteiger partial charge < -0.3 is 0 Å². The fourth-order valence-electron chi connectivity index (χ4n) is 3.01. The number of hydrogen-bond acceptors (Lipinski definition) is 4. The minimum absolute atomic E-state index is 0.227. The molecule has 0 aliphatic carbocycles. The molecule has 1 aliphatic heterocycles. The van der Waals surface area contributed by atoms with Gasteiger partial charge in [-0.05, 0) is 38.4 Å². The zero-order chi connectivity index (χ0) is 14.8. The minimum Gasteiger partial charge on any atom is -0.291 e. The van der Waals surface area contributed by atoms with E-state index >= 15 is 0 Å². The maximum Gasteiger partial charge on any atom is 0.273 e. The monoisotopic (exact) mass is 302 g/mol. The predicted octanol–water partition coefficient (Wildman–Crippen LogP) is 4.30. The number of para-hydroxylation sites is 1. The van der Waals surface area contributed by atoms with Gasteiger partial charge in [-0.2, -0.15) is 0 Å².